The standard InChI is InChI=1S/C12H15F4N3/c1-2-19(9-5-3-4-8(13)6-9)7-10(11(17)18)12(14,15)16/h3-6,10H,2,7H2,1H3,(H3,17,18). The molecule has 106 valence electrons. The van der Waals surface area contributed by atoms with Gasteiger partial charge in [0.25, 0.3) is 0 Å². The van der Waals surface area contributed by atoms with Gasteiger partial charge in [0.05, 0.1) is 0 Å². The maximum absolute atomic E-state index is 13.1. The minimum Gasteiger partial charge on any atom is -0.387 e. The topological polar surface area (TPSA) is 53.1 Å². The highest BCUT2D eigenvalue weighted by Gasteiger charge is 2.42. The van der Waals surface area contributed by atoms with Crippen LogP contribution in [-0.2, 0) is 0 Å². The quantitative estimate of drug-likeness (QED) is 0.494. The van der Waals surface area contributed by atoms with E-state index in [-0.39, 0.29) is 6.54 Å². The van der Waals surface area contributed by atoms with Crippen molar-refractivity contribution in [2.75, 3.05) is 18.0 Å². The molecule has 1 aromatic rings. The summed E-state index contributed by atoms with van der Waals surface area (Å²) in [5, 5.41) is 7.04. The smallest absolute Gasteiger partial charge is 0.387 e. The van der Waals surface area contributed by atoms with E-state index in [4.69, 9.17) is 11.1 Å². The van der Waals surface area contributed by atoms with E-state index in [9.17, 15) is 17.6 Å². The van der Waals surface area contributed by atoms with Gasteiger partial charge in [-0.2, -0.15) is 13.2 Å². The average Bonchev–Trinajstić information content (AvgIpc) is 2.27. The average molecular weight is 277 g/mol. The number of halogens is 4. The van der Waals surface area contributed by atoms with E-state index >= 15 is 0 Å². The summed E-state index contributed by atoms with van der Waals surface area (Å²) in [6.07, 6.45) is -4.59. The molecule has 0 amide bonds. The molecule has 0 aliphatic heterocycles. The molecule has 0 saturated carbocycles. The van der Waals surface area contributed by atoms with E-state index in [2.05, 4.69) is 0 Å². The monoisotopic (exact) mass is 277 g/mol. The first-order chi connectivity index (χ1) is 8.75. The van der Waals surface area contributed by atoms with Crippen molar-refractivity contribution in [3.8, 4) is 0 Å². The second kappa shape index (κ2) is 5.90. The van der Waals surface area contributed by atoms with Crippen molar-refractivity contribution in [3.05, 3.63) is 30.1 Å². The van der Waals surface area contributed by atoms with Crippen LogP contribution in [0.2, 0.25) is 0 Å². The molecule has 0 fully saturated rings. The van der Waals surface area contributed by atoms with Crippen LogP contribution in [0.15, 0.2) is 24.3 Å². The van der Waals surface area contributed by atoms with Gasteiger partial charge in [-0.3, -0.25) is 5.41 Å². The fourth-order valence-corrected chi connectivity index (χ4v) is 1.69. The molecule has 1 aromatic carbocycles. The highest BCUT2D eigenvalue weighted by atomic mass is 19.4. The molecule has 1 rings (SSSR count). The minimum absolute atomic E-state index is 0.253. The molecule has 0 radical (unpaired) electrons. The first-order valence-electron chi connectivity index (χ1n) is 5.66. The number of rotatable bonds is 5. The third kappa shape index (κ3) is 4.11. The predicted octanol–water partition coefficient (Wildman–Crippen LogP) is 2.77. The van der Waals surface area contributed by atoms with Crippen LogP contribution >= 0.6 is 0 Å². The fraction of sp³-hybridized carbons (Fsp3) is 0.417. The van der Waals surface area contributed by atoms with Crippen molar-refractivity contribution in [1.29, 1.82) is 5.41 Å². The lowest BCUT2D eigenvalue weighted by Gasteiger charge is -2.29. The fourth-order valence-electron chi connectivity index (χ4n) is 1.69. The Kier molecular flexibility index (Phi) is 4.74. The van der Waals surface area contributed by atoms with E-state index in [1.54, 1.807) is 6.92 Å². The normalized spacial score (nSPS) is 13.1. The molecule has 3 N–H and O–H groups in total. The Morgan fingerprint density at radius 3 is 2.47 bits per heavy atom. The molecule has 0 saturated heterocycles. The molecule has 1 unspecified atom stereocenters. The molecule has 19 heavy (non-hydrogen) atoms. The molecule has 7 heteroatoms. The van der Waals surface area contributed by atoms with E-state index in [1.807, 2.05) is 0 Å². The summed E-state index contributed by atoms with van der Waals surface area (Å²) in [5.74, 6) is -3.53. The van der Waals surface area contributed by atoms with E-state index in [0.29, 0.717) is 5.69 Å². The molecule has 0 aliphatic rings. The number of amidine groups is 1. The van der Waals surface area contributed by atoms with Gasteiger partial charge in [-0.25, -0.2) is 4.39 Å². The van der Waals surface area contributed by atoms with Crippen LogP contribution in [0.1, 0.15) is 6.92 Å². The van der Waals surface area contributed by atoms with Crippen molar-refractivity contribution in [3.63, 3.8) is 0 Å². The van der Waals surface area contributed by atoms with Crippen molar-refractivity contribution in [2.45, 2.75) is 13.1 Å². The molecular weight excluding hydrogens is 262 g/mol. The molecule has 0 aliphatic carbocycles. The van der Waals surface area contributed by atoms with E-state index in [1.165, 1.54) is 23.1 Å². The lowest BCUT2D eigenvalue weighted by atomic mass is 10.1. The Labute approximate surface area is 108 Å². The van der Waals surface area contributed by atoms with Gasteiger partial charge in [0.1, 0.15) is 17.6 Å². The van der Waals surface area contributed by atoms with Gasteiger partial charge in [0.2, 0.25) is 0 Å². The Hall–Kier alpha value is -1.79. The third-order valence-corrected chi connectivity index (χ3v) is 2.73. The Balaban J connectivity index is 2.95. The van der Waals surface area contributed by atoms with Gasteiger partial charge in [0.15, 0.2) is 0 Å². The number of hydrogen-bond acceptors (Lipinski definition) is 2. The lowest BCUT2D eigenvalue weighted by Crippen LogP contribution is -2.44. The van der Waals surface area contributed by atoms with Gasteiger partial charge in [-0.05, 0) is 25.1 Å². The van der Waals surface area contributed by atoms with Gasteiger partial charge in [-0.1, -0.05) is 6.07 Å². The van der Waals surface area contributed by atoms with Crippen LogP contribution in [0.3, 0.4) is 0 Å². The number of nitrogens with zero attached hydrogens (tertiary/aromatic N) is 1. The second-order valence-corrected chi connectivity index (χ2v) is 4.07. The maximum Gasteiger partial charge on any atom is 0.400 e. The van der Waals surface area contributed by atoms with Crippen LogP contribution in [-0.4, -0.2) is 25.1 Å². The first-order valence-corrected chi connectivity index (χ1v) is 5.66. The summed E-state index contributed by atoms with van der Waals surface area (Å²) in [6, 6.07) is 5.30. The number of hydrogen-bond donors (Lipinski definition) is 2. The molecule has 0 spiro atoms. The number of benzene rings is 1. The van der Waals surface area contributed by atoms with Crippen LogP contribution in [0.5, 0.6) is 0 Å². The van der Waals surface area contributed by atoms with Gasteiger partial charge in [0, 0.05) is 18.8 Å². The summed E-state index contributed by atoms with van der Waals surface area (Å²) in [6.45, 7) is 1.40. The first kappa shape index (κ1) is 15.3. The molecule has 3 nitrogen and oxygen atoms in total. The summed E-state index contributed by atoms with van der Waals surface area (Å²) in [4.78, 5) is 1.34. The van der Waals surface area contributed by atoms with Gasteiger partial charge >= 0.3 is 6.18 Å². The van der Waals surface area contributed by atoms with Crippen LogP contribution in [0, 0.1) is 17.1 Å². The minimum atomic E-state index is -4.59. The molecule has 1 atom stereocenters. The molecule has 0 heterocycles. The van der Waals surface area contributed by atoms with Crippen molar-refractivity contribution >= 4 is 11.5 Å². The number of nitrogens with one attached hydrogen (secondary N) is 1. The van der Waals surface area contributed by atoms with E-state index < -0.39 is 30.3 Å². The van der Waals surface area contributed by atoms with Crippen molar-refractivity contribution < 1.29 is 17.6 Å². The highest BCUT2D eigenvalue weighted by molar-refractivity contribution is 5.81. The highest BCUT2D eigenvalue weighted by Crippen LogP contribution is 2.28. The third-order valence-electron chi connectivity index (χ3n) is 2.73. The van der Waals surface area contributed by atoms with Crippen LogP contribution < -0.4 is 10.6 Å². The molecule has 0 bridgehead atoms. The van der Waals surface area contributed by atoms with Gasteiger partial charge < -0.3 is 10.6 Å². The summed E-state index contributed by atoms with van der Waals surface area (Å²) in [5.41, 5.74) is 5.33. The Morgan fingerprint density at radius 1 is 1.42 bits per heavy atom. The predicted molar refractivity (Wildman–Crippen MR) is 65.7 cm³/mol. The van der Waals surface area contributed by atoms with Crippen molar-refractivity contribution in [1.82, 2.24) is 0 Å². The summed E-state index contributed by atoms with van der Waals surface area (Å²) >= 11 is 0. The largest absolute Gasteiger partial charge is 0.400 e. The van der Waals surface area contributed by atoms with Crippen LogP contribution in [0.4, 0.5) is 23.2 Å². The van der Waals surface area contributed by atoms with Gasteiger partial charge in [-0.15, -0.1) is 0 Å². The second-order valence-electron chi connectivity index (χ2n) is 4.07. The maximum atomic E-state index is 13.1. The number of alkyl halides is 3. The zero-order chi connectivity index (χ0) is 14.6. The summed E-state index contributed by atoms with van der Waals surface area (Å²) in [7, 11) is 0. The molecular formula is C12H15F4N3. The van der Waals surface area contributed by atoms with E-state index in [0.717, 1.165) is 6.07 Å². The number of nitrogens with two attached hydrogens (primary N) is 1. The zero-order valence-electron chi connectivity index (χ0n) is 10.3. The Bertz CT molecular complexity index is 445. The Morgan fingerprint density at radius 2 is 2.05 bits per heavy atom. The van der Waals surface area contributed by atoms with Crippen molar-refractivity contribution in [2.24, 2.45) is 11.7 Å². The molecule has 0 aromatic heterocycles. The number of anilines is 1. The zero-order valence-corrected chi connectivity index (χ0v) is 10.3. The summed E-state index contributed by atoms with van der Waals surface area (Å²) < 4.78 is 51.3. The lowest BCUT2D eigenvalue weighted by molar-refractivity contribution is -0.153. The van der Waals surface area contributed by atoms with Crippen LogP contribution in [0.25, 0.3) is 0 Å². The SMILES string of the molecule is CCN(CC(C(=N)N)C(F)(F)F)c1cccc(F)c1.